The summed E-state index contributed by atoms with van der Waals surface area (Å²) in [7, 11) is 0. The van der Waals surface area contributed by atoms with Crippen LogP contribution >= 0.6 is 11.3 Å². The summed E-state index contributed by atoms with van der Waals surface area (Å²) in [5.41, 5.74) is 1.51. The summed E-state index contributed by atoms with van der Waals surface area (Å²) in [5, 5.41) is 4.04. The lowest BCUT2D eigenvalue weighted by atomic mass is 10.1. The van der Waals surface area contributed by atoms with Crippen LogP contribution in [0.4, 0.5) is 9.52 Å². The molecule has 0 aliphatic heterocycles. The Kier molecular flexibility index (Phi) is 4.34. The van der Waals surface area contributed by atoms with Gasteiger partial charge in [0.25, 0.3) is 0 Å². The maximum Gasteiger partial charge on any atom is 0.185 e. The summed E-state index contributed by atoms with van der Waals surface area (Å²) in [6, 6.07) is 9.90. The second-order valence-electron chi connectivity index (χ2n) is 5.52. The summed E-state index contributed by atoms with van der Waals surface area (Å²) in [6.07, 6.45) is 0.0711. The van der Waals surface area contributed by atoms with Crippen molar-refractivity contribution in [2.75, 3.05) is 5.32 Å². The average Bonchev–Trinajstić information content (AvgIpc) is 2.88. The number of thiazole rings is 1. The third-order valence-corrected chi connectivity index (χ3v) is 4.14. The summed E-state index contributed by atoms with van der Waals surface area (Å²) < 4.78 is 13.7. The van der Waals surface area contributed by atoms with Crippen molar-refractivity contribution >= 4 is 32.6 Å². The first-order valence-corrected chi connectivity index (χ1v) is 8.15. The van der Waals surface area contributed by atoms with Crippen LogP contribution in [-0.4, -0.2) is 21.8 Å². The Morgan fingerprint density at radius 3 is 2.74 bits per heavy atom. The van der Waals surface area contributed by atoms with Crippen LogP contribution in [0.2, 0.25) is 0 Å². The molecular formula is C17H16FN3OS. The van der Waals surface area contributed by atoms with Crippen molar-refractivity contribution in [2.45, 2.75) is 26.3 Å². The van der Waals surface area contributed by atoms with Crippen molar-refractivity contribution in [1.82, 2.24) is 9.97 Å². The highest BCUT2D eigenvalue weighted by Gasteiger charge is 2.14. The summed E-state index contributed by atoms with van der Waals surface area (Å²) in [5.74, 6) is -0.778. The fraction of sp³-hybridized carbons (Fsp3) is 0.235. The first-order valence-electron chi connectivity index (χ1n) is 7.33. The number of carbonyl (C=O) groups is 1. The van der Waals surface area contributed by atoms with Gasteiger partial charge in [0.2, 0.25) is 0 Å². The number of Topliss-reactive ketones (excluding diaryl/α,β-unsaturated/α-hetero) is 1. The van der Waals surface area contributed by atoms with Crippen LogP contribution in [0.25, 0.3) is 10.3 Å². The van der Waals surface area contributed by atoms with Crippen LogP contribution in [0.3, 0.4) is 0 Å². The van der Waals surface area contributed by atoms with E-state index in [0.717, 1.165) is 15.5 Å². The zero-order valence-electron chi connectivity index (χ0n) is 12.8. The Balaban J connectivity index is 1.83. The van der Waals surface area contributed by atoms with Gasteiger partial charge < -0.3 is 5.32 Å². The van der Waals surface area contributed by atoms with E-state index in [0.29, 0.717) is 5.69 Å². The molecule has 0 saturated carbocycles. The van der Waals surface area contributed by atoms with Gasteiger partial charge in [-0.15, -0.1) is 0 Å². The average molecular weight is 329 g/mol. The predicted octanol–water partition coefficient (Wildman–Crippen LogP) is 4.08. The Morgan fingerprint density at radius 2 is 2.00 bits per heavy atom. The van der Waals surface area contributed by atoms with Gasteiger partial charge in [-0.25, -0.2) is 14.4 Å². The fourth-order valence-corrected chi connectivity index (χ4v) is 3.21. The lowest BCUT2D eigenvalue weighted by Gasteiger charge is -2.03. The standard InChI is InChI=1S/C17H16FN3OS/c1-10(2)19-17-21-14-8-7-11(20-16(14)23-17)9-15(22)12-5-3-4-6-13(12)18/h3-8,10H,9H2,1-2H3,(H,19,21). The Labute approximate surface area is 137 Å². The van der Waals surface area contributed by atoms with E-state index in [4.69, 9.17) is 0 Å². The van der Waals surface area contributed by atoms with Gasteiger partial charge in [0, 0.05) is 11.7 Å². The van der Waals surface area contributed by atoms with Gasteiger partial charge >= 0.3 is 0 Å². The molecule has 0 fully saturated rings. The van der Waals surface area contributed by atoms with E-state index in [-0.39, 0.29) is 23.8 Å². The number of nitrogens with zero attached hydrogens (tertiary/aromatic N) is 2. The Bertz CT molecular complexity index is 860. The maximum absolute atomic E-state index is 13.7. The highest BCUT2D eigenvalue weighted by atomic mass is 32.1. The van der Waals surface area contributed by atoms with Crippen LogP contribution in [-0.2, 0) is 6.42 Å². The van der Waals surface area contributed by atoms with Crippen LogP contribution in [0.1, 0.15) is 29.9 Å². The summed E-state index contributed by atoms with van der Waals surface area (Å²) >= 11 is 1.45. The van der Waals surface area contributed by atoms with E-state index in [2.05, 4.69) is 15.3 Å². The van der Waals surface area contributed by atoms with Crippen LogP contribution in [0.15, 0.2) is 36.4 Å². The largest absolute Gasteiger partial charge is 0.359 e. The fourth-order valence-electron chi connectivity index (χ4n) is 2.21. The number of pyridine rings is 1. The summed E-state index contributed by atoms with van der Waals surface area (Å²) in [6.45, 7) is 4.08. The molecule has 0 radical (unpaired) electrons. The van der Waals surface area contributed by atoms with Gasteiger partial charge in [-0.05, 0) is 38.1 Å². The zero-order valence-corrected chi connectivity index (χ0v) is 13.7. The number of nitrogens with one attached hydrogen (secondary N) is 1. The van der Waals surface area contributed by atoms with Gasteiger partial charge in [0.05, 0.1) is 12.0 Å². The molecule has 3 rings (SSSR count). The zero-order chi connectivity index (χ0) is 16.4. The number of aromatic nitrogens is 2. The highest BCUT2D eigenvalue weighted by Crippen LogP contribution is 2.25. The minimum atomic E-state index is -0.500. The van der Waals surface area contributed by atoms with Crippen molar-refractivity contribution < 1.29 is 9.18 Å². The Hall–Kier alpha value is -2.34. The van der Waals surface area contributed by atoms with E-state index >= 15 is 0 Å². The molecular weight excluding hydrogens is 313 g/mol. The second kappa shape index (κ2) is 6.42. The van der Waals surface area contributed by atoms with Crippen LogP contribution in [0.5, 0.6) is 0 Å². The molecule has 1 N–H and O–H groups in total. The number of carbonyl (C=O) groups excluding carboxylic acids is 1. The third-order valence-electron chi connectivity index (χ3n) is 3.24. The first kappa shape index (κ1) is 15.6. The van der Waals surface area contributed by atoms with E-state index in [9.17, 15) is 9.18 Å². The van der Waals surface area contributed by atoms with Crippen molar-refractivity contribution in [2.24, 2.45) is 0 Å². The quantitative estimate of drug-likeness (QED) is 0.717. The minimum Gasteiger partial charge on any atom is -0.359 e. The number of rotatable bonds is 5. The second-order valence-corrected chi connectivity index (χ2v) is 6.50. The van der Waals surface area contributed by atoms with E-state index in [1.54, 1.807) is 18.2 Å². The molecule has 1 aromatic carbocycles. The van der Waals surface area contributed by atoms with Crippen molar-refractivity contribution in [3.8, 4) is 0 Å². The summed E-state index contributed by atoms with van der Waals surface area (Å²) in [4.78, 5) is 21.9. The van der Waals surface area contributed by atoms with Gasteiger partial charge in [0.15, 0.2) is 10.9 Å². The molecule has 2 aromatic heterocycles. The van der Waals surface area contributed by atoms with Crippen LogP contribution in [0, 0.1) is 5.82 Å². The lowest BCUT2D eigenvalue weighted by Crippen LogP contribution is -2.08. The Morgan fingerprint density at radius 1 is 1.22 bits per heavy atom. The molecule has 0 amide bonds. The molecule has 2 heterocycles. The molecule has 3 aromatic rings. The number of benzene rings is 1. The van der Waals surface area contributed by atoms with Crippen molar-refractivity contribution in [1.29, 1.82) is 0 Å². The molecule has 0 unspecified atom stereocenters. The van der Waals surface area contributed by atoms with E-state index in [1.165, 1.54) is 23.5 Å². The molecule has 23 heavy (non-hydrogen) atoms. The van der Waals surface area contributed by atoms with Gasteiger partial charge in [0.1, 0.15) is 16.2 Å². The monoisotopic (exact) mass is 329 g/mol. The van der Waals surface area contributed by atoms with Gasteiger partial charge in [-0.1, -0.05) is 23.5 Å². The van der Waals surface area contributed by atoms with Crippen molar-refractivity contribution in [3.05, 3.63) is 53.5 Å². The molecule has 4 nitrogen and oxygen atoms in total. The molecule has 0 atom stereocenters. The molecule has 0 aliphatic carbocycles. The molecule has 0 spiro atoms. The number of hydrogen-bond acceptors (Lipinski definition) is 5. The van der Waals surface area contributed by atoms with Gasteiger partial charge in [-0.3, -0.25) is 4.79 Å². The smallest absolute Gasteiger partial charge is 0.185 e. The van der Waals surface area contributed by atoms with E-state index < -0.39 is 5.82 Å². The number of ketones is 1. The topological polar surface area (TPSA) is 54.9 Å². The molecule has 0 bridgehead atoms. The molecule has 118 valence electrons. The van der Waals surface area contributed by atoms with Crippen LogP contribution < -0.4 is 5.32 Å². The number of anilines is 1. The SMILES string of the molecule is CC(C)Nc1nc2ccc(CC(=O)c3ccccc3F)nc2s1. The number of hydrogen-bond donors (Lipinski definition) is 1. The third kappa shape index (κ3) is 3.53. The predicted molar refractivity (Wildman–Crippen MR) is 90.6 cm³/mol. The molecule has 0 aliphatic rings. The number of fused-ring (bicyclic) bond motifs is 1. The normalized spacial score (nSPS) is 11.1. The maximum atomic E-state index is 13.7. The lowest BCUT2D eigenvalue weighted by molar-refractivity contribution is 0.0988. The first-order chi connectivity index (χ1) is 11.0. The van der Waals surface area contributed by atoms with E-state index in [1.807, 2.05) is 19.9 Å². The minimum absolute atomic E-state index is 0.0711. The highest BCUT2D eigenvalue weighted by molar-refractivity contribution is 7.21. The van der Waals surface area contributed by atoms with Crippen molar-refractivity contribution in [3.63, 3.8) is 0 Å². The molecule has 0 saturated heterocycles. The number of halogens is 1. The van der Waals surface area contributed by atoms with Gasteiger partial charge in [-0.2, -0.15) is 0 Å². The molecule has 6 heteroatoms.